The summed E-state index contributed by atoms with van der Waals surface area (Å²) in [6.45, 7) is 0.488. The first kappa shape index (κ1) is 13.3. The maximum absolute atomic E-state index is 12.7. The largest absolute Gasteiger partial charge is 0.484 e. The third-order valence-corrected chi connectivity index (χ3v) is 3.07. The van der Waals surface area contributed by atoms with Crippen LogP contribution in [0, 0.1) is 11.7 Å². The number of halogens is 1. The zero-order chi connectivity index (χ0) is 13.8. The number of hydrogen-bond donors (Lipinski definition) is 1. The number of nitrogens with zero attached hydrogens (tertiary/aromatic N) is 1. The van der Waals surface area contributed by atoms with E-state index in [2.05, 4.69) is 0 Å². The molecule has 2 rings (SSSR count). The fourth-order valence-electron chi connectivity index (χ4n) is 1.96. The van der Waals surface area contributed by atoms with Crippen LogP contribution in [-0.2, 0) is 9.59 Å². The molecule has 0 spiro atoms. The first-order valence-corrected chi connectivity index (χ1v) is 5.95. The van der Waals surface area contributed by atoms with Crippen molar-refractivity contribution in [3.8, 4) is 5.75 Å². The minimum atomic E-state index is -0.880. The summed E-state index contributed by atoms with van der Waals surface area (Å²) in [6.07, 6.45) is 0.470. The lowest BCUT2D eigenvalue weighted by molar-refractivity contribution is -0.141. The van der Waals surface area contributed by atoms with Gasteiger partial charge in [0.05, 0.1) is 5.92 Å². The smallest absolute Gasteiger partial charge is 0.308 e. The Bertz CT molecular complexity index is 474. The van der Waals surface area contributed by atoms with Crippen molar-refractivity contribution in [1.29, 1.82) is 0 Å². The van der Waals surface area contributed by atoms with Crippen molar-refractivity contribution in [3.63, 3.8) is 0 Å². The van der Waals surface area contributed by atoms with Crippen LogP contribution in [0.3, 0.4) is 0 Å². The van der Waals surface area contributed by atoms with Crippen molar-refractivity contribution in [1.82, 2.24) is 4.90 Å². The van der Waals surface area contributed by atoms with E-state index in [4.69, 9.17) is 9.84 Å². The molecule has 1 aromatic rings. The molecule has 0 aliphatic carbocycles. The van der Waals surface area contributed by atoms with Gasteiger partial charge in [0.1, 0.15) is 11.6 Å². The van der Waals surface area contributed by atoms with Crippen molar-refractivity contribution in [2.75, 3.05) is 19.7 Å². The highest BCUT2D eigenvalue weighted by molar-refractivity contribution is 5.79. The van der Waals surface area contributed by atoms with Crippen LogP contribution >= 0.6 is 0 Å². The van der Waals surface area contributed by atoms with Crippen LogP contribution in [0.1, 0.15) is 6.42 Å². The van der Waals surface area contributed by atoms with Crippen LogP contribution < -0.4 is 4.74 Å². The number of amides is 1. The molecule has 1 amide bonds. The van der Waals surface area contributed by atoms with E-state index in [-0.39, 0.29) is 24.9 Å². The lowest BCUT2D eigenvalue weighted by atomic mass is 10.1. The molecule has 0 unspecified atom stereocenters. The molecular weight excluding hydrogens is 253 g/mol. The van der Waals surface area contributed by atoms with Gasteiger partial charge in [-0.25, -0.2) is 4.39 Å². The molecule has 0 aromatic heterocycles. The Kier molecular flexibility index (Phi) is 3.99. The zero-order valence-corrected chi connectivity index (χ0v) is 10.2. The molecule has 19 heavy (non-hydrogen) atoms. The van der Waals surface area contributed by atoms with Crippen LogP contribution in [0.25, 0.3) is 0 Å². The molecule has 5 nitrogen and oxygen atoms in total. The van der Waals surface area contributed by atoms with Gasteiger partial charge in [0.25, 0.3) is 5.91 Å². The third-order valence-electron chi connectivity index (χ3n) is 3.07. The molecule has 0 radical (unpaired) electrons. The summed E-state index contributed by atoms with van der Waals surface area (Å²) >= 11 is 0. The molecule has 1 fully saturated rings. The first-order valence-electron chi connectivity index (χ1n) is 5.95. The molecule has 1 aliphatic rings. The minimum Gasteiger partial charge on any atom is -0.484 e. The lowest BCUT2D eigenvalue weighted by Crippen LogP contribution is -2.33. The number of carbonyl (C=O) groups excluding carboxylic acids is 1. The highest BCUT2D eigenvalue weighted by Crippen LogP contribution is 2.17. The van der Waals surface area contributed by atoms with Crippen molar-refractivity contribution in [2.45, 2.75) is 6.42 Å². The summed E-state index contributed by atoms with van der Waals surface area (Å²) in [5, 5.41) is 8.84. The molecule has 1 N–H and O–H groups in total. The van der Waals surface area contributed by atoms with Crippen LogP contribution in [0.5, 0.6) is 5.75 Å². The van der Waals surface area contributed by atoms with Gasteiger partial charge in [0, 0.05) is 13.1 Å². The predicted molar refractivity (Wildman–Crippen MR) is 64.2 cm³/mol. The number of hydrogen-bond acceptors (Lipinski definition) is 3. The van der Waals surface area contributed by atoms with Gasteiger partial charge < -0.3 is 14.7 Å². The monoisotopic (exact) mass is 267 g/mol. The second kappa shape index (κ2) is 5.69. The van der Waals surface area contributed by atoms with E-state index in [0.717, 1.165) is 0 Å². The van der Waals surface area contributed by atoms with Gasteiger partial charge in [0.15, 0.2) is 6.61 Å². The fraction of sp³-hybridized carbons (Fsp3) is 0.385. The number of benzene rings is 1. The molecule has 1 aliphatic heterocycles. The summed E-state index contributed by atoms with van der Waals surface area (Å²) in [7, 11) is 0. The lowest BCUT2D eigenvalue weighted by Gasteiger charge is -2.16. The van der Waals surface area contributed by atoms with E-state index in [1.165, 1.54) is 29.2 Å². The van der Waals surface area contributed by atoms with E-state index in [1.807, 2.05) is 0 Å². The molecule has 6 heteroatoms. The molecule has 1 heterocycles. The summed E-state index contributed by atoms with van der Waals surface area (Å²) in [5.41, 5.74) is 0. The van der Waals surface area contributed by atoms with Crippen molar-refractivity contribution in [3.05, 3.63) is 30.1 Å². The maximum Gasteiger partial charge on any atom is 0.308 e. The first-order chi connectivity index (χ1) is 9.06. The van der Waals surface area contributed by atoms with Crippen LogP contribution in [0.4, 0.5) is 4.39 Å². The summed E-state index contributed by atoms with van der Waals surface area (Å²) in [6, 6.07) is 5.37. The Hall–Kier alpha value is -2.11. The number of carbonyl (C=O) groups is 2. The number of aliphatic carboxylic acids is 1. The normalized spacial score (nSPS) is 18.4. The molecule has 102 valence electrons. The number of rotatable bonds is 4. The quantitative estimate of drug-likeness (QED) is 0.888. The SMILES string of the molecule is O=C(O)[C@H]1CCN(C(=O)COc2ccc(F)cc2)C1. The second-order valence-electron chi connectivity index (χ2n) is 4.41. The van der Waals surface area contributed by atoms with Crippen molar-refractivity contribution >= 4 is 11.9 Å². The predicted octanol–water partition coefficient (Wildman–Crippen LogP) is 1.14. The third kappa shape index (κ3) is 3.43. The Labute approximate surface area is 109 Å². The summed E-state index contributed by atoms with van der Waals surface area (Å²) in [5.74, 6) is -1.59. The van der Waals surface area contributed by atoms with Crippen molar-refractivity contribution in [2.24, 2.45) is 5.92 Å². The average Bonchev–Trinajstić information content (AvgIpc) is 2.87. The van der Waals surface area contributed by atoms with E-state index >= 15 is 0 Å². The molecule has 1 atom stereocenters. The molecule has 1 saturated heterocycles. The maximum atomic E-state index is 12.7. The summed E-state index contributed by atoms with van der Waals surface area (Å²) < 4.78 is 17.9. The van der Waals surface area contributed by atoms with E-state index in [0.29, 0.717) is 18.7 Å². The van der Waals surface area contributed by atoms with Gasteiger partial charge in [-0.05, 0) is 30.7 Å². The van der Waals surface area contributed by atoms with Crippen LogP contribution in [-0.4, -0.2) is 41.6 Å². The van der Waals surface area contributed by atoms with E-state index in [1.54, 1.807) is 0 Å². The van der Waals surface area contributed by atoms with E-state index in [9.17, 15) is 14.0 Å². The zero-order valence-electron chi connectivity index (χ0n) is 10.2. The minimum absolute atomic E-state index is 0.169. The highest BCUT2D eigenvalue weighted by atomic mass is 19.1. The average molecular weight is 267 g/mol. The standard InChI is InChI=1S/C13H14FNO4/c14-10-1-3-11(4-2-10)19-8-12(16)15-6-5-9(7-15)13(17)18/h1-4,9H,5-8H2,(H,17,18)/t9-/m0/s1. The summed E-state index contributed by atoms with van der Waals surface area (Å²) in [4.78, 5) is 24.0. The molecule has 0 saturated carbocycles. The van der Waals surface area contributed by atoms with Gasteiger partial charge in [0.2, 0.25) is 0 Å². The van der Waals surface area contributed by atoms with Crippen LogP contribution in [0.15, 0.2) is 24.3 Å². The van der Waals surface area contributed by atoms with E-state index < -0.39 is 11.9 Å². The Morgan fingerprint density at radius 3 is 2.63 bits per heavy atom. The fourth-order valence-corrected chi connectivity index (χ4v) is 1.96. The molecule has 0 bridgehead atoms. The van der Waals surface area contributed by atoms with Gasteiger partial charge in [-0.2, -0.15) is 0 Å². The topological polar surface area (TPSA) is 66.8 Å². The number of carboxylic acid groups (broad SMARTS) is 1. The highest BCUT2D eigenvalue weighted by Gasteiger charge is 2.30. The molecular formula is C13H14FNO4. The Morgan fingerprint density at radius 1 is 1.37 bits per heavy atom. The Balaban J connectivity index is 1.82. The molecule has 1 aromatic carbocycles. The number of ether oxygens (including phenoxy) is 1. The van der Waals surface area contributed by atoms with Gasteiger partial charge in [-0.3, -0.25) is 9.59 Å². The van der Waals surface area contributed by atoms with Gasteiger partial charge >= 0.3 is 5.97 Å². The Morgan fingerprint density at radius 2 is 2.05 bits per heavy atom. The van der Waals surface area contributed by atoms with Crippen molar-refractivity contribution < 1.29 is 23.8 Å². The number of likely N-dealkylation sites (tertiary alicyclic amines) is 1. The number of carboxylic acids is 1. The van der Waals surface area contributed by atoms with Gasteiger partial charge in [-0.15, -0.1) is 0 Å². The second-order valence-corrected chi connectivity index (χ2v) is 4.41. The van der Waals surface area contributed by atoms with Crippen LogP contribution in [0.2, 0.25) is 0 Å². The van der Waals surface area contributed by atoms with Gasteiger partial charge in [-0.1, -0.05) is 0 Å².